The Balaban J connectivity index is 1.58. The largest absolute Gasteiger partial charge is 0.351 e. The Morgan fingerprint density at radius 3 is 2.79 bits per heavy atom. The van der Waals surface area contributed by atoms with Gasteiger partial charge < -0.3 is 5.32 Å². The number of benzene rings is 1. The van der Waals surface area contributed by atoms with E-state index in [2.05, 4.69) is 50.9 Å². The minimum Gasteiger partial charge on any atom is -0.351 e. The van der Waals surface area contributed by atoms with Crippen molar-refractivity contribution < 1.29 is 0 Å². The predicted molar refractivity (Wildman–Crippen MR) is 95.8 cm³/mol. The number of hydrogen-bond acceptors (Lipinski definition) is 5. The fourth-order valence-corrected chi connectivity index (χ4v) is 3.46. The molecule has 6 nitrogen and oxygen atoms in total. The third-order valence-corrected chi connectivity index (χ3v) is 5.13. The van der Waals surface area contributed by atoms with Crippen molar-refractivity contribution in [3.05, 3.63) is 51.4 Å². The van der Waals surface area contributed by atoms with E-state index in [0.717, 1.165) is 42.5 Å². The normalized spacial score (nSPS) is 13.9. The molecule has 0 atom stereocenters. The average molecular weight is 341 g/mol. The second-order valence-corrected chi connectivity index (χ2v) is 6.84. The molecular weight excluding hydrogens is 322 g/mol. The second kappa shape index (κ2) is 6.32. The molecule has 1 aliphatic rings. The van der Waals surface area contributed by atoms with Crippen molar-refractivity contribution in [1.82, 2.24) is 19.6 Å². The molecule has 124 valence electrons. The molecule has 4 rings (SSSR count). The number of aromatic nitrogens is 4. The van der Waals surface area contributed by atoms with Crippen LogP contribution in [0, 0.1) is 0 Å². The minimum atomic E-state index is -0.0143. The molecule has 0 bridgehead atoms. The number of H-pyrrole nitrogens is 1. The van der Waals surface area contributed by atoms with Crippen LogP contribution >= 0.6 is 11.8 Å². The molecule has 0 radical (unpaired) electrons. The molecule has 1 aromatic carbocycles. The van der Waals surface area contributed by atoms with Crippen LogP contribution in [-0.2, 0) is 19.4 Å². The van der Waals surface area contributed by atoms with Gasteiger partial charge in [-0.3, -0.25) is 9.89 Å². The fourth-order valence-electron chi connectivity index (χ4n) is 3.05. The maximum Gasteiger partial charge on any atom is 0.277 e. The van der Waals surface area contributed by atoms with Crippen molar-refractivity contribution in [2.45, 2.75) is 37.1 Å². The number of thioether (sulfide) groups is 1. The van der Waals surface area contributed by atoms with Gasteiger partial charge in [-0.15, -0.1) is 11.8 Å². The molecule has 2 N–H and O–H groups in total. The van der Waals surface area contributed by atoms with E-state index in [-0.39, 0.29) is 5.56 Å². The lowest BCUT2D eigenvalue weighted by Gasteiger charge is -2.12. The SMILES string of the molecule is CSc1ccc(CNc2nc3nc4c(c(=O)n3[nH]2)CCCC4)cc1. The van der Waals surface area contributed by atoms with Crippen LogP contribution in [0.15, 0.2) is 34.0 Å². The number of fused-ring (bicyclic) bond motifs is 2. The molecule has 1 aliphatic carbocycles. The van der Waals surface area contributed by atoms with Crippen molar-refractivity contribution >= 4 is 23.5 Å². The third-order valence-electron chi connectivity index (χ3n) is 4.38. The van der Waals surface area contributed by atoms with Crippen molar-refractivity contribution in [3.63, 3.8) is 0 Å². The van der Waals surface area contributed by atoms with E-state index in [1.54, 1.807) is 11.8 Å². The summed E-state index contributed by atoms with van der Waals surface area (Å²) in [7, 11) is 0. The van der Waals surface area contributed by atoms with Crippen LogP contribution in [-0.4, -0.2) is 25.8 Å². The van der Waals surface area contributed by atoms with Crippen LogP contribution in [0.2, 0.25) is 0 Å². The molecule has 2 heterocycles. The van der Waals surface area contributed by atoms with Gasteiger partial charge in [0.15, 0.2) is 0 Å². The molecule has 2 aromatic heterocycles. The Kier molecular flexibility index (Phi) is 4.02. The van der Waals surface area contributed by atoms with Gasteiger partial charge in [-0.1, -0.05) is 12.1 Å². The smallest absolute Gasteiger partial charge is 0.277 e. The molecule has 0 saturated carbocycles. The average Bonchev–Trinajstić information content (AvgIpc) is 3.04. The van der Waals surface area contributed by atoms with Crippen LogP contribution < -0.4 is 10.9 Å². The minimum absolute atomic E-state index is 0.0143. The first-order valence-corrected chi connectivity index (χ1v) is 9.34. The van der Waals surface area contributed by atoms with Crippen LogP contribution in [0.5, 0.6) is 0 Å². The molecule has 0 amide bonds. The molecular formula is C17H19N5OS. The molecule has 0 saturated heterocycles. The highest BCUT2D eigenvalue weighted by Crippen LogP contribution is 2.17. The van der Waals surface area contributed by atoms with Crippen LogP contribution in [0.1, 0.15) is 29.7 Å². The quantitative estimate of drug-likeness (QED) is 0.714. The second-order valence-electron chi connectivity index (χ2n) is 5.96. The summed E-state index contributed by atoms with van der Waals surface area (Å²) in [5.41, 5.74) is 2.89. The van der Waals surface area contributed by atoms with E-state index in [1.807, 2.05) is 0 Å². The molecule has 3 aromatic rings. The van der Waals surface area contributed by atoms with Crippen molar-refractivity contribution in [3.8, 4) is 0 Å². The number of nitrogens with zero attached hydrogens (tertiary/aromatic N) is 3. The molecule has 0 aliphatic heterocycles. The number of nitrogens with one attached hydrogen (secondary N) is 2. The topological polar surface area (TPSA) is 75.1 Å². The number of rotatable bonds is 4. The van der Waals surface area contributed by atoms with Gasteiger partial charge in [0.1, 0.15) is 0 Å². The number of anilines is 1. The van der Waals surface area contributed by atoms with Crippen molar-refractivity contribution in [2.75, 3.05) is 11.6 Å². The Morgan fingerprint density at radius 2 is 2.00 bits per heavy atom. The highest BCUT2D eigenvalue weighted by atomic mass is 32.2. The van der Waals surface area contributed by atoms with Gasteiger partial charge in [-0.2, -0.15) is 9.50 Å². The fraction of sp³-hybridized carbons (Fsp3) is 0.353. The lowest BCUT2D eigenvalue weighted by molar-refractivity contribution is 0.650. The molecule has 0 fully saturated rings. The first kappa shape index (κ1) is 15.3. The van der Waals surface area contributed by atoms with Gasteiger partial charge in [-0.05, 0) is 49.6 Å². The Hall–Kier alpha value is -2.28. The highest BCUT2D eigenvalue weighted by molar-refractivity contribution is 7.98. The molecule has 7 heteroatoms. The van der Waals surface area contributed by atoms with E-state index in [0.29, 0.717) is 18.3 Å². The van der Waals surface area contributed by atoms with Crippen molar-refractivity contribution in [2.24, 2.45) is 0 Å². The van der Waals surface area contributed by atoms with Crippen LogP contribution in [0.25, 0.3) is 5.78 Å². The summed E-state index contributed by atoms with van der Waals surface area (Å²) in [6.07, 6.45) is 5.90. The zero-order chi connectivity index (χ0) is 16.5. The summed E-state index contributed by atoms with van der Waals surface area (Å²) in [5.74, 6) is 1.01. The van der Waals surface area contributed by atoms with Crippen LogP contribution in [0.4, 0.5) is 5.95 Å². The van der Waals surface area contributed by atoms with Gasteiger partial charge in [0.2, 0.25) is 5.95 Å². The van der Waals surface area contributed by atoms with E-state index in [4.69, 9.17) is 0 Å². The first-order chi connectivity index (χ1) is 11.7. The maximum atomic E-state index is 12.6. The van der Waals surface area contributed by atoms with Gasteiger partial charge in [-0.25, -0.2) is 4.98 Å². The summed E-state index contributed by atoms with van der Waals surface area (Å²) in [6.45, 7) is 0.642. The molecule has 24 heavy (non-hydrogen) atoms. The lowest BCUT2D eigenvalue weighted by Crippen LogP contribution is -2.25. The zero-order valence-electron chi connectivity index (χ0n) is 13.5. The summed E-state index contributed by atoms with van der Waals surface area (Å²) in [5, 5.41) is 6.25. The van der Waals surface area contributed by atoms with Gasteiger partial charge >= 0.3 is 0 Å². The molecule has 0 spiro atoms. The maximum absolute atomic E-state index is 12.6. The van der Waals surface area contributed by atoms with Gasteiger partial charge in [0.05, 0.1) is 5.69 Å². The monoisotopic (exact) mass is 341 g/mol. The number of aryl methyl sites for hydroxylation is 1. The van der Waals surface area contributed by atoms with E-state index in [9.17, 15) is 4.79 Å². The summed E-state index contributed by atoms with van der Waals surface area (Å²) < 4.78 is 1.45. The van der Waals surface area contributed by atoms with Gasteiger partial charge in [0.25, 0.3) is 11.3 Å². The van der Waals surface area contributed by atoms with E-state index < -0.39 is 0 Å². The van der Waals surface area contributed by atoms with Crippen molar-refractivity contribution in [1.29, 1.82) is 0 Å². The predicted octanol–water partition coefficient (Wildman–Crippen LogP) is 2.63. The lowest BCUT2D eigenvalue weighted by atomic mass is 9.97. The summed E-state index contributed by atoms with van der Waals surface area (Å²) in [4.78, 5) is 22.8. The third kappa shape index (κ3) is 2.80. The van der Waals surface area contributed by atoms with Gasteiger partial charge in [0, 0.05) is 17.0 Å². The Morgan fingerprint density at radius 1 is 1.21 bits per heavy atom. The summed E-state index contributed by atoms with van der Waals surface area (Å²) in [6, 6.07) is 8.37. The van der Waals surface area contributed by atoms with Crippen LogP contribution in [0.3, 0.4) is 0 Å². The van der Waals surface area contributed by atoms with E-state index >= 15 is 0 Å². The Labute approximate surface area is 143 Å². The summed E-state index contributed by atoms with van der Waals surface area (Å²) >= 11 is 1.72. The zero-order valence-corrected chi connectivity index (χ0v) is 14.3. The standard InChI is InChI=1S/C17H19N5OS/c1-24-12-8-6-11(7-9-12)10-18-16-20-17-19-14-5-3-2-4-13(14)15(23)22(17)21-16/h6-9H,2-5,10H2,1H3,(H2,18,19,20,21). The first-order valence-electron chi connectivity index (χ1n) is 8.12. The Bertz CT molecular complexity index is 929. The molecule has 0 unspecified atom stereocenters. The number of hydrogen-bond donors (Lipinski definition) is 2. The highest BCUT2D eigenvalue weighted by Gasteiger charge is 2.18. The number of aromatic amines is 1. The van der Waals surface area contributed by atoms with E-state index in [1.165, 1.54) is 9.41 Å².